The first-order valence-electron chi connectivity index (χ1n) is 6.24. The molecule has 0 bridgehead atoms. The lowest BCUT2D eigenvalue weighted by atomic mass is 10.0. The van der Waals surface area contributed by atoms with Crippen LogP contribution in [-0.4, -0.2) is 5.16 Å². The molecule has 3 rings (SSSR count). The van der Waals surface area contributed by atoms with Crippen LogP contribution in [0.15, 0.2) is 63.9 Å². The second-order valence-corrected chi connectivity index (χ2v) is 4.95. The molecule has 100 valence electrons. The van der Waals surface area contributed by atoms with Gasteiger partial charge in [-0.25, -0.2) is 9.95 Å². The van der Waals surface area contributed by atoms with Gasteiger partial charge in [0.05, 0.1) is 11.3 Å². The Hall–Kier alpha value is -2.26. The molecule has 3 aromatic rings. The Morgan fingerprint density at radius 2 is 1.70 bits per heavy atom. The molecule has 0 aliphatic rings. The molecular weight excluding hydrogens is 274 g/mol. The monoisotopic (exact) mass is 285 g/mol. The van der Waals surface area contributed by atoms with Gasteiger partial charge in [-0.2, -0.15) is 0 Å². The van der Waals surface area contributed by atoms with Gasteiger partial charge in [-0.05, 0) is 17.7 Å². The molecule has 0 fully saturated rings. The first-order chi connectivity index (χ1) is 9.74. The fourth-order valence-electron chi connectivity index (χ4n) is 2.13. The molecule has 1 heterocycles. The van der Waals surface area contributed by atoms with Gasteiger partial charge in [-0.15, -0.1) is 0 Å². The van der Waals surface area contributed by atoms with Gasteiger partial charge in [0, 0.05) is 17.0 Å². The summed E-state index contributed by atoms with van der Waals surface area (Å²) in [7, 11) is 0. The highest BCUT2D eigenvalue weighted by Gasteiger charge is 2.14. The lowest BCUT2D eigenvalue weighted by Gasteiger charge is -2.02. The van der Waals surface area contributed by atoms with Crippen LogP contribution in [0.3, 0.4) is 0 Å². The van der Waals surface area contributed by atoms with E-state index >= 15 is 0 Å². The van der Waals surface area contributed by atoms with Crippen molar-refractivity contribution in [2.75, 3.05) is 0 Å². The smallest absolute Gasteiger partial charge is 0.338 e. The van der Waals surface area contributed by atoms with Crippen LogP contribution in [0.25, 0.3) is 11.3 Å². The Morgan fingerprint density at radius 3 is 2.40 bits per heavy atom. The number of aromatic amines is 1. The van der Waals surface area contributed by atoms with Crippen molar-refractivity contribution < 1.29 is 4.52 Å². The SMILES string of the molecule is O=c1o[nH]c(-c2ccccc2)c1Cc1ccc(Cl)cc1. The Kier molecular flexibility index (Phi) is 3.44. The second-order valence-electron chi connectivity index (χ2n) is 4.51. The lowest BCUT2D eigenvalue weighted by molar-refractivity contribution is 0.392. The van der Waals surface area contributed by atoms with Crippen molar-refractivity contribution in [2.45, 2.75) is 6.42 Å². The van der Waals surface area contributed by atoms with Crippen molar-refractivity contribution in [3.8, 4) is 11.3 Å². The van der Waals surface area contributed by atoms with Gasteiger partial charge in [-0.1, -0.05) is 54.1 Å². The normalized spacial score (nSPS) is 10.7. The van der Waals surface area contributed by atoms with Crippen LogP contribution in [0.4, 0.5) is 0 Å². The van der Waals surface area contributed by atoms with E-state index in [4.69, 9.17) is 16.1 Å². The van der Waals surface area contributed by atoms with E-state index in [0.717, 1.165) is 16.8 Å². The Balaban J connectivity index is 2.00. The van der Waals surface area contributed by atoms with Crippen molar-refractivity contribution in [1.82, 2.24) is 5.16 Å². The van der Waals surface area contributed by atoms with Gasteiger partial charge in [-0.3, -0.25) is 0 Å². The van der Waals surface area contributed by atoms with E-state index in [1.165, 1.54) is 0 Å². The minimum absolute atomic E-state index is 0.334. The van der Waals surface area contributed by atoms with Gasteiger partial charge in [0.25, 0.3) is 0 Å². The summed E-state index contributed by atoms with van der Waals surface area (Å²) in [5.74, 6) is 0. The van der Waals surface area contributed by atoms with Crippen LogP contribution in [-0.2, 0) is 6.42 Å². The Labute approximate surface area is 120 Å². The number of rotatable bonds is 3. The summed E-state index contributed by atoms with van der Waals surface area (Å²) in [5, 5.41) is 3.39. The average Bonchev–Trinajstić information content (AvgIpc) is 2.84. The fraction of sp³-hybridized carbons (Fsp3) is 0.0625. The van der Waals surface area contributed by atoms with E-state index in [9.17, 15) is 4.79 Å². The summed E-state index contributed by atoms with van der Waals surface area (Å²) in [6.45, 7) is 0. The summed E-state index contributed by atoms with van der Waals surface area (Å²) in [6, 6.07) is 17.1. The van der Waals surface area contributed by atoms with E-state index in [0.29, 0.717) is 17.0 Å². The molecule has 0 saturated heterocycles. The van der Waals surface area contributed by atoms with Gasteiger partial charge < -0.3 is 4.52 Å². The zero-order valence-corrected chi connectivity index (χ0v) is 11.4. The van der Waals surface area contributed by atoms with Crippen LogP contribution in [0.2, 0.25) is 5.02 Å². The van der Waals surface area contributed by atoms with Gasteiger partial charge >= 0.3 is 5.63 Å². The van der Waals surface area contributed by atoms with E-state index < -0.39 is 0 Å². The third-order valence-corrected chi connectivity index (χ3v) is 3.40. The molecule has 0 unspecified atom stereocenters. The molecule has 4 heteroatoms. The zero-order valence-electron chi connectivity index (χ0n) is 10.6. The molecule has 0 aliphatic carbocycles. The maximum Gasteiger partial charge on any atom is 0.361 e. The minimum Gasteiger partial charge on any atom is -0.338 e. The molecular formula is C16H12ClNO2. The number of aromatic nitrogens is 1. The van der Waals surface area contributed by atoms with E-state index in [1.54, 1.807) is 0 Å². The van der Waals surface area contributed by atoms with Gasteiger partial charge in [0.2, 0.25) is 0 Å². The molecule has 20 heavy (non-hydrogen) atoms. The van der Waals surface area contributed by atoms with Crippen LogP contribution in [0.1, 0.15) is 11.1 Å². The molecule has 0 radical (unpaired) electrons. The highest BCUT2D eigenvalue weighted by molar-refractivity contribution is 6.30. The predicted octanol–water partition coefficient (Wildman–Crippen LogP) is 3.88. The van der Waals surface area contributed by atoms with Crippen molar-refractivity contribution in [3.05, 3.63) is 81.2 Å². The standard InChI is InChI=1S/C16H12ClNO2/c17-13-8-6-11(7-9-13)10-14-15(18-20-16(14)19)12-4-2-1-3-5-12/h1-9,18H,10H2. The fourth-order valence-corrected chi connectivity index (χ4v) is 2.25. The van der Waals surface area contributed by atoms with E-state index in [2.05, 4.69) is 5.16 Å². The van der Waals surface area contributed by atoms with E-state index in [1.807, 2.05) is 54.6 Å². The molecule has 1 N–H and O–H groups in total. The third kappa shape index (κ3) is 2.53. The third-order valence-electron chi connectivity index (χ3n) is 3.15. The molecule has 3 nitrogen and oxygen atoms in total. The first kappa shape index (κ1) is 12.8. The van der Waals surface area contributed by atoms with Crippen LogP contribution >= 0.6 is 11.6 Å². The minimum atomic E-state index is -0.334. The van der Waals surface area contributed by atoms with Gasteiger partial charge in [0.15, 0.2) is 0 Å². The van der Waals surface area contributed by atoms with Gasteiger partial charge in [0.1, 0.15) is 0 Å². The van der Waals surface area contributed by atoms with Crippen molar-refractivity contribution in [1.29, 1.82) is 0 Å². The largest absolute Gasteiger partial charge is 0.361 e. The quantitative estimate of drug-likeness (QED) is 0.794. The Bertz CT molecular complexity index is 757. The number of benzene rings is 2. The first-order valence-corrected chi connectivity index (χ1v) is 6.62. The topological polar surface area (TPSA) is 46.0 Å². The average molecular weight is 286 g/mol. The number of hydrogen-bond donors (Lipinski definition) is 1. The van der Waals surface area contributed by atoms with E-state index in [-0.39, 0.29) is 5.63 Å². The molecule has 2 aromatic carbocycles. The summed E-state index contributed by atoms with van der Waals surface area (Å²) in [4.78, 5) is 11.9. The maximum atomic E-state index is 11.9. The molecule has 0 spiro atoms. The number of nitrogens with one attached hydrogen (secondary N) is 1. The maximum absolute atomic E-state index is 11.9. The number of H-pyrrole nitrogens is 1. The summed E-state index contributed by atoms with van der Waals surface area (Å²) in [6.07, 6.45) is 0.507. The van der Waals surface area contributed by atoms with Crippen LogP contribution in [0, 0.1) is 0 Å². The molecule has 0 amide bonds. The number of hydrogen-bond acceptors (Lipinski definition) is 2. The molecule has 0 aliphatic heterocycles. The van der Waals surface area contributed by atoms with Crippen LogP contribution in [0.5, 0.6) is 0 Å². The molecule has 1 aromatic heterocycles. The number of halogens is 1. The van der Waals surface area contributed by atoms with Crippen molar-refractivity contribution in [2.24, 2.45) is 0 Å². The molecule has 0 atom stereocenters. The summed E-state index contributed by atoms with van der Waals surface area (Å²) < 4.78 is 4.94. The highest BCUT2D eigenvalue weighted by atomic mass is 35.5. The lowest BCUT2D eigenvalue weighted by Crippen LogP contribution is -2.03. The highest BCUT2D eigenvalue weighted by Crippen LogP contribution is 2.22. The zero-order chi connectivity index (χ0) is 13.9. The van der Waals surface area contributed by atoms with Crippen LogP contribution < -0.4 is 5.63 Å². The predicted molar refractivity (Wildman–Crippen MR) is 79.0 cm³/mol. The second kappa shape index (κ2) is 5.39. The van der Waals surface area contributed by atoms with Crippen molar-refractivity contribution in [3.63, 3.8) is 0 Å². The summed E-state index contributed by atoms with van der Waals surface area (Å²) >= 11 is 5.87. The Morgan fingerprint density at radius 1 is 1.00 bits per heavy atom. The molecule has 0 saturated carbocycles. The van der Waals surface area contributed by atoms with Crippen molar-refractivity contribution >= 4 is 11.6 Å². The summed E-state index contributed by atoms with van der Waals surface area (Å²) in [5.41, 5.74) is 2.96.